The van der Waals surface area contributed by atoms with Crippen molar-refractivity contribution in [2.75, 3.05) is 35.4 Å². The van der Waals surface area contributed by atoms with Crippen LogP contribution in [0.5, 0.6) is 5.75 Å². The molecule has 2 heterocycles. The Bertz CT molecular complexity index is 1570. The van der Waals surface area contributed by atoms with E-state index in [2.05, 4.69) is 20.9 Å². The minimum absolute atomic E-state index is 0.00609. The summed E-state index contributed by atoms with van der Waals surface area (Å²) in [5, 5.41) is 9.90. The summed E-state index contributed by atoms with van der Waals surface area (Å²) in [5.41, 5.74) is 3.97. The lowest BCUT2D eigenvalue weighted by Gasteiger charge is -2.17. The van der Waals surface area contributed by atoms with Crippen LogP contribution in [0.4, 0.5) is 23.1 Å². The molecule has 40 heavy (non-hydrogen) atoms. The molecule has 204 valence electrons. The Hall–Kier alpha value is -4.24. The Morgan fingerprint density at radius 1 is 1.05 bits per heavy atom. The van der Waals surface area contributed by atoms with Crippen molar-refractivity contribution in [3.05, 3.63) is 84.6 Å². The zero-order valence-electron chi connectivity index (χ0n) is 22.4. The summed E-state index contributed by atoms with van der Waals surface area (Å²) in [4.78, 5) is 23.7. The maximum Gasteiger partial charge on any atom is 0.235 e. The highest BCUT2D eigenvalue weighted by atomic mass is 32.2. The Morgan fingerprint density at radius 3 is 2.67 bits per heavy atom. The summed E-state index contributed by atoms with van der Waals surface area (Å²) < 4.78 is 13.9. The van der Waals surface area contributed by atoms with Crippen molar-refractivity contribution in [1.82, 2.24) is 9.97 Å². The zero-order chi connectivity index (χ0) is 27.5. The first-order valence-electron chi connectivity index (χ1n) is 13.5. The van der Waals surface area contributed by atoms with Crippen LogP contribution in [0.2, 0.25) is 0 Å². The molecule has 9 heteroatoms. The highest BCUT2D eigenvalue weighted by Crippen LogP contribution is 2.49. The van der Waals surface area contributed by atoms with Gasteiger partial charge in [-0.05, 0) is 79.3 Å². The van der Waals surface area contributed by atoms with Gasteiger partial charge in [-0.3, -0.25) is 9.57 Å². The maximum absolute atomic E-state index is 13.3. The predicted molar refractivity (Wildman–Crippen MR) is 161 cm³/mol. The van der Waals surface area contributed by atoms with E-state index < -0.39 is 16.1 Å². The molecule has 0 radical (unpaired) electrons. The number of benzene rings is 3. The number of hydrogen-bond donors (Lipinski definition) is 4. The molecular formula is C31H32N6O2S. The first-order chi connectivity index (χ1) is 19.5. The number of ether oxygens (including phenoxy) is 1. The van der Waals surface area contributed by atoms with Crippen LogP contribution in [-0.4, -0.2) is 35.3 Å². The maximum atomic E-state index is 13.3. The van der Waals surface area contributed by atoms with Crippen LogP contribution in [0.1, 0.15) is 31.2 Å². The average molecular weight is 553 g/mol. The molecule has 4 aromatic rings. The number of amides is 1. The van der Waals surface area contributed by atoms with Gasteiger partial charge in [-0.15, -0.1) is 0 Å². The molecule has 1 aliphatic heterocycles. The summed E-state index contributed by atoms with van der Waals surface area (Å²) >= 11 is 0. The van der Waals surface area contributed by atoms with Crippen LogP contribution in [0.15, 0.2) is 83.9 Å². The molecule has 4 N–H and O–H groups in total. The second-order valence-electron chi connectivity index (χ2n) is 10.2. The van der Waals surface area contributed by atoms with Crippen LogP contribution < -0.4 is 20.7 Å². The summed E-state index contributed by atoms with van der Waals surface area (Å²) in [7, 11) is 1.10. The van der Waals surface area contributed by atoms with E-state index >= 15 is 0 Å². The van der Waals surface area contributed by atoms with E-state index in [9.17, 15) is 4.79 Å². The summed E-state index contributed by atoms with van der Waals surface area (Å²) in [6.07, 6.45) is 5.39. The molecule has 2 aliphatic rings. The monoisotopic (exact) mass is 552 g/mol. The third-order valence-electron chi connectivity index (χ3n) is 7.49. The van der Waals surface area contributed by atoms with Crippen molar-refractivity contribution in [3.63, 3.8) is 0 Å². The number of anilines is 4. The third kappa shape index (κ3) is 5.42. The van der Waals surface area contributed by atoms with Crippen molar-refractivity contribution in [2.24, 2.45) is 0 Å². The van der Waals surface area contributed by atoms with E-state index in [1.807, 2.05) is 79.0 Å². The number of carbonyl (C=O) groups is 1. The highest BCUT2D eigenvalue weighted by Gasteiger charge is 2.51. The van der Waals surface area contributed by atoms with E-state index in [1.54, 1.807) is 7.11 Å². The van der Waals surface area contributed by atoms with Crippen LogP contribution in [0.25, 0.3) is 11.1 Å². The first-order valence-corrected chi connectivity index (χ1v) is 14.9. The van der Waals surface area contributed by atoms with E-state index in [-0.39, 0.29) is 5.91 Å². The first kappa shape index (κ1) is 26.0. The number of methoxy groups -OCH3 is 1. The molecule has 1 unspecified atom stereocenters. The molecule has 6 rings (SSSR count). The van der Waals surface area contributed by atoms with Crippen LogP contribution in [0.3, 0.4) is 0 Å². The average Bonchev–Trinajstić information content (AvgIpc) is 3.80. The molecule has 1 amide bonds. The van der Waals surface area contributed by atoms with Gasteiger partial charge in [-0.25, -0.2) is 4.98 Å². The number of rotatable bonds is 5. The molecule has 3 aromatic carbocycles. The van der Waals surface area contributed by atoms with E-state index in [1.165, 1.54) is 0 Å². The summed E-state index contributed by atoms with van der Waals surface area (Å²) in [5.74, 6) is 2.86. The fourth-order valence-corrected chi connectivity index (χ4v) is 6.26. The molecule has 0 saturated heterocycles. The van der Waals surface area contributed by atoms with Gasteiger partial charge in [0.05, 0.1) is 12.5 Å². The lowest BCUT2D eigenvalue weighted by Crippen LogP contribution is -2.27. The number of aromatic nitrogens is 2. The van der Waals surface area contributed by atoms with Gasteiger partial charge in [0, 0.05) is 40.3 Å². The quantitative estimate of drug-likeness (QED) is 0.225. The van der Waals surface area contributed by atoms with Crippen LogP contribution in [-0.2, 0) is 20.9 Å². The number of hydrogen-bond acceptors (Lipinski definition) is 7. The van der Waals surface area contributed by atoms with Gasteiger partial charge in [0.2, 0.25) is 11.9 Å². The number of carbonyl (C=O) groups excluding carboxylic acids is 1. The fourth-order valence-electron chi connectivity index (χ4n) is 5.02. The van der Waals surface area contributed by atoms with E-state index in [0.717, 1.165) is 82.5 Å². The Kier molecular flexibility index (Phi) is 7.21. The molecule has 1 atom stereocenters. The van der Waals surface area contributed by atoms with Crippen LogP contribution >= 0.6 is 0 Å². The van der Waals surface area contributed by atoms with Gasteiger partial charge in [0.15, 0.2) is 0 Å². The van der Waals surface area contributed by atoms with Crippen molar-refractivity contribution in [1.29, 1.82) is 4.78 Å². The number of fused-ring (bicyclic) bond motifs is 4. The van der Waals surface area contributed by atoms with Gasteiger partial charge in [0.25, 0.3) is 0 Å². The fraction of sp³-hybridized carbons (Fsp3) is 0.258. The Labute approximate surface area is 236 Å². The summed E-state index contributed by atoms with van der Waals surface area (Å²) in [6.45, 7) is 0.763. The largest absolute Gasteiger partial charge is 0.497 e. The van der Waals surface area contributed by atoms with Gasteiger partial charge >= 0.3 is 0 Å². The molecule has 1 fully saturated rings. The normalized spacial score (nSPS) is 17.6. The van der Waals surface area contributed by atoms with Crippen molar-refractivity contribution in [3.8, 4) is 16.9 Å². The highest BCUT2D eigenvalue weighted by molar-refractivity contribution is 7.86. The van der Waals surface area contributed by atoms with Crippen molar-refractivity contribution in [2.45, 2.75) is 36.0 Å². The smallest absolute Gasteiger partial charge is 0.235 e. The minimum atomic E-state index is -0.538. The molecular weight excluding hydrogens is 520 g/mol. The third-order valence-corrected chi connectivity index (χ3v) is 9.01. The minimum Gasteiger partial charge on any atom is -0.497 e. The van der Waals surface area contributed by atoms with E-state index in [4.69, 9.17) is 14.5 Å². The topological polar surface area (TPSA) is 112 Å². The van der Waals surface area contributed by atoms with Crippen LogP contribution in [0, 0.1) is 4.78 Å². The van der Waals surface area contributed by atoms with Crippen molar-refractivity contribution < 1.29 is 9.53 Å². The standard InChI is InChI=1S/C31H32N6O2S/c1-39-25-8-4-6-22(18-25)31(14-15-31)29(38)35-23-12-10-21(11-13-23)27-20-34-30-36-24-7-5-9-26(19-24)40(32)17-3-2-16-33-28(27)37-30/h4-13,18-20,32H,2-3,14-17H2,1H3,(H,35,38)(H2,33,34,36,37). The van der Waals surface area contributed by atoms with E-state index in [0.29, 0.717) is 5.95 Å². The molecule has 0 spiro atoms. The molecule has 1 aromatic heterocycles. The molecule has 1 aliphatic carbocycles. The lowest BCUT2D eigenvalue weighted by molar-refractivity contribution is -0.118. The predicted octanol–water partition coefficient (Wildman–Crippen LogP) is 6.51. The van der Waals surface area contributed by atoms with Gasteiger partial charge < -0.3 is 20.7 Å². The SMILES string of the molecule is COc1cccc(C2(C(=O)Nc3ccc(-c4cnc5nc4NCCCCS(=N)c4cccc(c4)N5)cc3)CC2)c1. The molecule has 4 bridgehead atoms. The second-order valence-corrected chi connectivity index (χ2v) is 11.8. The molecule has 8 nitrogen and oxygen atoms in total. The zero-order valence-corrected chi connectivity index (χ0v) is 23.2. The van der Waals surface area contributed by atoms with Gasteiger partial charge in [0.1, 0.15) is 11.6 Å². The van der Waals surface area contributed by atoms with Gasteiger partial charge in [-0.1, -0.05) is 41.0 Å². The Balaban J connectivity index is 1.21. The number of nitrogens with zero attached hydrogens (tertiary/aromatic N) is 2. The second kappa shape index (κ2) is 11.1. The Morgan fingerprint density at radius 2 is 1.88 bits per heavy atom. The lowest BCUT2D eigenvalue weighted by atomic mass is 9.94. The number of nitrogens with one attached hydrogen (secondary N) is 4. The molecule has 1 saturated carbocycles. The van der Waals surface area contributed by atoms with Gasteiger partial charge in [-0.2, -0.15) is 4.98 Å². The van der Waals surface area contributed by atoms with Crippen molar-refractivity contribution >= 4 is 39.7 Å². The summed E-state index contributed by atoms with van der Waals surface area (Å²) in [6, 6.07) is 23.6.